The van der Waals surface area contributed by atoms with E-state index in [0.29, 0.717) is 10.8 Å². The summed E-state index contributed by atoms with van der Waals surface area (Å²) >= 11 is 6.11. The lowest BCUT2D eigenvalue weighted by Gasteiger charge is -2.28. The molecular weight excluding hydrogens is 358 g/mol. The van der Waals surface area contributed by atoms with E-state index in [0.717, 1.165) is 24.8 Å². The summed E-state index contributed by atoms with van der Waals surface area (Å²) in [7, 11) is 1.27. The van der Waals surface area contributed by atoms with Crippen LogP contribution in [0.5, 0.6) is 5.75 Å². The number of benzene rings is 1. The molecule has 1 fully saturated rings. The van der Waals surface area contributed by atoms with Gasteiger partial charge in [0.05, 0.1) is 13.2 Å². The second-order valence-electron chi connectivity index (χ2n) is 7.35. The lowest BCUT2D eigenvalue weighted by molar-refractivity contribution is -0.143. The van der Waals surface area contributed by atoms with Crippen molar-refractivity contribution in [1.29, 1.82) is 0 Å². The number of rotatable bonds is 6. The maximum absolute atomic E-state index is 12.1. The number of amides is 1. The molecule has 0 bridgehead atoms. The quantitative estimate of drug-likeness (QED) is 0.754. The molecule has 1 aliphatic carbocycles. The molecule has 1 aromatic carbocycles. The number of carbonyl (C=O) groups is 2. The van der Waals surface area contributed by atoms with Gasteiger partial charge >= 0.3 is 12.1 Å². The van der Waals surface area contributed by atoms with Crippen LogP contribution in [0.4, 0.5) is 4.79 Å². The molecule has 6 nitrogen and oxygen atoms in total. The SMILES string of the molecule is COC(=O)[C@H](Cc1cc(Cl)ccc1OC1CCC1)NC(=O)OC(C)(C)C. The average Bonchev–Trinajstić information content (AvgIpc) is 2.49. The van der Waals surface area contributed by atoms with E-state index in [1.54, 1.807) is 39.0 Å². The molecule has 2 rings (SSSR count). The number of methoxy groups -OCH3 is 1. The standard InChI is InChI=1S/C19H26ClNO5/c1-19(2,3)26-18(23)21-15(17(22)24-4)11-12-10-13(20)8-9-16(12)25-14-6-5-7-14/h8-10,14-15H,5-7,11H2,1-4H3,(H,21,23)/t15-/m0/s1. The Morgan fingerprint density at radius 3 is 2.54 bits per heavy atom. The zero-order valence-electron chi connectivity index (χ0n) is 15.6. The van der Waals surface area contributed by atoms with Gasteiger partial charge in [-0.1, -0.05) is 11.6 Å². The molecule has 0 aliphatic heterocycles. The van der Waals surface area contributed by atoms with Gasteiger partial charge < -0.3 is 19.5 Å². The van der Waals surface area contributed by atoms with Crippen LogP contribution in [-0.2, 0) is 20.7 Å². The molecule has 1 atom stereocenters. The Morgan fingerprint density at radius 1 is 1.31 bits per heavy atom. The number of carbonyl (C=O) groups excluding carboxylic acids is 2. The van der Waals surface area contributed by atoms with Gasteiger partial charge in [0.25, 0.3) is 0 Å². The molecule has 0 radical (unpaired) electrons. The first-order valence-corrected chi connectivity index (χ1v) is 9.08. The number of ether oxygens (including phenoxy) is 3. The fourth-order valence-corrected chi connectivity index (χ4v) is 2.69. The molecule has 26 heavy (non-hydrogen) atoms. The number of hydrogen-bond donors (Lipinski definition) is 1. The number of nitrogens with one attached hydrogen (secondary N) is 1. The van der Waals surface area contributed by atoms with Crippen molar-refractivity contribution in [2.24, 2.45) is 0 Å². The highest BCUT2D eigenvalue weighted by Gasteiger charge is 2.27. The largest absolute Gasteiger partial charge is 0.490 e. The van der Waals surface area contributed by atoms with Crippen molar-refractivity contribution in [3.63, 3.8) is 0 Å². The zero-order valence-corrected chi connectivity index (χ0v) is 16.4. The lowest BCUT2D eigenvalue weighted by Crippen LogP contribution is -2.45. The monoisotopic (exact) mass is 383 g/mol. The number of esters is 1. The van der Waals surface area contributed by atoms with Gasteiger partial charge in [-0.25, -0.2) is 9.59 Å². The van der Waals surface area contributed by atoms with Crippen molar-refractivity contribution in [3.05, 3.63) is 28.8 Å². The van der Waals surface area contributed by atoms with Crippen molar-refractivity contribution < 1.29 is 23.8 Å². The summed E-state index contributed by atoms with van der Waals surface area (Å²) in [6.07, 6.45) is 2.87. The molecule has 7 heteroatoms. The summed E-state index contributed by atoms with van der Waals surface area (Å²) in [5, 5.41) is 3.10. The minimum absolute atomic E-state index is 0.185. The van der Waals surface area contributed by atoms with E-state index in [1.807, 2.05) is 0 Å². The van der Waals surface area contributed by atoms with Gasteiger partial charge in [-0.2, -0.15) is 0 Å². The Morgan fingerprint density at radius 2 is 2.00 bits per heavy atom. The Bertz CT molecular complexity index is 652. The average molecular weight is 384 g/mol. The highest BCUT2D eigenvalue weighted by molar-refractivity contribution is 6.30. The van der Waals surface area contributed by atoms with E-state index in [1.165, 1.54) is 7.11 Å². The number of alkyl carbamates (subject to hydrolysis) is 1. The molecule has 144 valence electrons. The van der Waals surface area contributed by atoms with E-state index < -0.39 is 23.7 Å². The van der Waals surface area contributed by atoms with E-state index in [9.17, 15) is 9.59 Å². The first-order valence-electron chi connectivity index (χ1n) is 8.70. The van der Waals surface area contributed by atoms with Crippen LogP contribution in [-0.4, -0.2) is 36.9 Å². The van der Waals surface area contributed by atoms with Crippen LogP contribution in [0.3, 0.4) is 0 Å². The van der Waals surface area contributed by atoms with Crippen molar-refractivity contribution in [2.45, 2.75) is 64.2 Å². The molecule has 1 aromatic rings. The first-order chi connectivity index (χ1) is 12.2. The smallest absolute Gasteiger partial charge is 0.408 e. The molecule has 0 unspecified atom stereocenters. The van der Waals surface area contributed by atoms with Gasteiger partial charge in [-0.15, -0.1) is 0 Å². The number of halogens is 1. The predicted octanol–water partition coefficient (Wildman–Crippen LogP) is 3.88. The Labute approximate surface area is 159 Å². The van der Waals surface area contributed by atoms with Crippen molar-refractivity contribution in [1.82, 2.24) is 5.32 Å². The molecule has 0 spiro atoms. The predicted molar refractivity (Wildman–Crippen MR) is 98.6 cm³/mol. The minimum atomic E-state index is -0.906. The summed E-state index contributed by atoms with van der Waals surface area (Å²) in [5.74, 6) is 0.101. The molecular formula is C19H26ClNO5. The molecule has 1 aliphatic rings. The Hall–Kier alpha value is -1.95. The first kappa shape index (κ1) is 20.4. The van der Waals surface area contributed by atoms with E-state index in [-0.39, 0.29) is 12.5 Å². The van der Waals surface area contributed by atoms with Crippen molar-refractivity contribution in [2.75, 3.05) is 7.11 Å². The second kappa shape index (κ2) is 8.62. The molecule has 0 aromatic heterocycles. The van der Waals surface area contributed by atoms with Crippen LogP contribution < -0.4 is 10.1 Å². The molecule has 0 saturated heterocycles. The molecule has 1 amide bonds. The molecule has 1 saturated carbocycles. The summed E-state index contributed by atoms with van der Waals surface area (Å²) in [4.78, 5) is 24.2. The third-order valence-corrected chi connectivity index (χ3v) is 4.20. The van der Waals surface area contributed by atoms with E-state index >= 15 is 0 Å². The molecule has 1 N–H and O–H groups in total. The fraction of sp³-hybridized carbons (Fsp3) is 0.579. The molecule has 0 heterocycles. The normalized spacial score (nSPS) is 15.6. The third kappa shape index (κ3) is 6.09. The minimum Gasteiger partial charge on any atom is -0.490 e. The van der Waals surface area contributed by atoms with Crippen molar-refractivity contribution in [3.8, 4) is 5.75 Å². The fourth-order valence-electron chi connectivity index (χ4n) is 2.50. The maximum Gasteiger partial charge on any atom is 0.408 e. The topological polar surface area (TPSA) is 73.9 Å². The van der Waals surface area contributed by atoms with Gasteiger partial charge in [-0.3, -0.25) is 0 Å². The van der Waals surface area contributed by atoms with Crippen LogP contribution in [0.1, 0.15) is 45.6 Å². The van der Waals surface area contributed by atoms with E-state index in [4.69, 9.17) is 25.8 Å². The van der Waals surface area contributed by atoms with Gasteiger partial charge in [0.2, 0.25) is 0 Å². The van der Waals surface area contributed by atoms with Gasteiger partial charge in [0, 0.05) is 11.4 Å². The second-order valence-corrected chi connectivity index (χ2v) is 7.79. The summed E-state index contributed by atoms with van der Waals surface area (Å²) in [5.41, 5.74) is 0.0649. The van der Waals surface area contributed by atoms with Crippen LogP contribution in [0.15, 0.2) is 18.2 Å². The zero-order chi connectivity index (χ0) is 19.3. The highest BCUT2D eigenvalue weighted by atomic mass is 35.5. The summed E-state index contributed by atoms with van der Waals surface area (Å²) < 4.78 is 16.0. The number of hydrogen-bond acceptors (Lipinski definition) is 5. The lowest BCUT2D eigenvalue weighted by atomic mass is 9.96. The Balaban J connectivity index is 2.15. The van der Waals surface area contributed by atoms with Gasteiger partial charge in [0.15, 0.2) is 0 Å². The summed E-state index contributed by atoms with van der Waals surface area (Å²) in [6, 6.07) is 4.37. The van der Waals surface area contributed by atoms with Gasteiger partial charge in [0.1, 0.15) is 17.4 Å². The van der Waals surface area contributed by atoms with Crippen LogP contribution in [0.25, 0.3) is 0 Å². The maximum atomic E-state index is 12.1. The summed E-state index contributed by atoms with van der Waals surface area (Å²) in [6.45, 7) is 5.25. The van der Waals surface area contributed by atoms with Crippen LogP contribution in [0, 0.1) is 0 Å². The van der Waals surface area contributed by atoms with Crippen molar-refractivity contribution >= 4 is 23.7 Å². The van der Waals surface area contributed by atoms with E-state index in [2.05, 4.69) is 5.32 Å². The Kier molecular flexibility index (Phi) is 6.75. The van der Waals surface area contributed by atoms with Crippen LogP contribution >= 0.6 is 11.6 Å². The van der Waals surface area contributed by atoms with Crippen LogP contribution in [0.2, 0.25) is 5.02 Å². The highest BCUT2D eigenvalue weighted by Crippen LogP contribution is 2.30. The van der Waals surface area contributed by atoms with Gasteiger partial charge in [-0.05, 0) is 63.8 Å². The third-order valence-electron chi connectivity index (χ3n) is 3.97.